The van der Waals surface area contributed by atoms with Gasteiger partial charge >= 0.3 is 6.03 Å². The van der Waals surface area contributed by atoms with Gasteiger partial charge in [0.05, 0.1) is 13.7 Å². The standard InChI is InChI=1S/C18H16F2N2O3/c1-24-15-7-5-14(6-8-15)22-18(23)21-10-2-3-11-25-17-9-4-13(19)12-16(17)20/h4-9,12H,10-11H2,1H3,(H2,21,22,23). The molecule has 2 N–H and O–H groups in total. The number of methoxy groups -OCH3 is 1. The van der Waals surface area contributed by atoms with E-state index in [0.717, 1.165) is 12.1 Å². The number of urea groups is 1. The minimum atomic E-state index is -0.793. The SMILES string of the molecule is COc1ccc(NC(=O)NCC#CCOc2ccc(F)cc2F)cc1. The lowest BCUT2D eigenvalue weighted by molar-refractivity contribution is 0.253. The lowest BCUT2D eigenvalue weighted by Gasteiger charge is -2.06. The molecule has 0 aliphatic rings. The van der Waals surface area contributed by atoms with Crippen LogP contribution >= 0.6 is 0 Å². The number of hydrogen-bond donors (Lipinski definition) is 2. The Balaban J connectivity index is 1.69. The van der Waals surface area contributed by atoms with Crippen LogP contribution in [0.25, 0.3) is 0 Å². The van der Waals surface area contributed by atoms with E-state index in [4.69, 9.17) is 9.47 Å². The Hall–Kier alpha value is -3.27. The molecule has 2 aromatic carbocycles. The summed E-state index contributed by atoms with van der Waals surface area (Å²) in [6, 6.07) is 9.45. The van der Waals surface area contributed by atoms with Crippen LogP contribution in [0.3, 0.4) is 0 Å². The summed E-state index contributed by atoms with van der Waals surface area (Å²) in [4.78, 5) is 11.7. The van der Waals surface area contributed by atoms with Crippen LogP contribution in [0.5, 0.6) is 11.5 Å². The second kappa shape index (κ2) is 9.13. The highest BCUT2D eigenvalue weighted by molar-refractivity contribution is 5.89. The Morgan fingerprint density at radius 1 is 1.12 bits per heavy atom. The summed E-state index contributed by atoms with van der Waals surface area (Å²) in [6.45, 7) is 0.0155. The van der Waals surface area contributed by atoms with Crippen molar-refractivity contribution in [3.8, 4) is 23.3 Å². The summed E-state index contributed by atoms with van der Waals surface area (Å²) in [5.41, 5.74) is 0.612. The van der Waals surface area contributed by atoms with Crippen molar-refractivity contribution >= 4 is 11.7 Å². The Morgan fingerprint density at radius 2 is 1.88 bits per heavy atom. The number of rotatable bonds is 5. The van der Waals surface area contributed by atoms with E-state index in [1.54, 1.807) is 31.4 Å². The fourth-order valence-electron chi connectivity index (χ4n) is 1.79. The van der Waals surface area contributed by atoms with Crippen molar-refractivity contribution in [3.63, 3.8) is 0 Å². The van der Waals surface area contributed by atoms with Gasteiger partial charge in [0.2, 0.25) is 0 Å². The number of carbonyl (C=O) groups excluding carboxylic acids is 1. The van der Waals surface area contributed by atoms with E-state index in [1.807, 2.05) is 0 Å². The molecule has 0 radical (unpaired) electrons. The predicted molar refractivity (Wildman–Crippen MR) is 89.6 cm³/mol. The smallest absolute Gasteiger partial charge is 0.319 e. The molecule has 0 heterocycles. The average molecular weight is 346 g/mol. The van der Waals surface area contributed by atoms with Crippen LogP contribution in [-0.4, -0.2) is 26.3 Å². The first kappa shape index (κ1) is 18.1. The normalized spacial score (nSPS) is 9.56. The lowest BCUT2D eigenvalue weighted by Crippen LogP contribution is -2.28. The highest BCUT2D eigenvalue weighted by atomic mass is 19.1. The molecule has 0 aliphatic heterocycles. The molecule has 0 atom stereocenters. The number of hydrogen-bond acceptors (Lipinski definition) is 3. The molecule has 0 aliphatic carbocycles. The van der Waals surface area contributed by atoms with E-state index >= 15 is 0 Å². The summed E-state index contributed by atoms with van der Waals surface area (Å²) < 4.78 is 36.1. The molecular weight excluding hydrogens is 330 g/mol. The number of nitrogens with one attached hydrogen (secondary N) is 2. The van der Waals surface area contributed by atoms with Gasteiger partial charge in [-0.1, -0.05) is 11.8 Å². The molecule has 0 saturated carbocycles. The maximum Gasteiger partial charge on any atom is 0.319 e. The van der Waals surface area contributed by atoms with Crippen LogP contribution in [0.4, 0.5) is 19.3 Å². The van der Waals surface area contributed by atoms with E-state index in [0.29, 0.717) is 11.4 Å². The Morgan fingerprint density at radius 3 is 2.56 bits per heavy atom. The largest absolute Gasteiger partial charge is 0.497 e. The highest BCUT2D eigenvalue weighted by Gasteiger charge is 2.03. The zero-order chi connectivity index (χ0) is 18.1. The van der Waals surface area contributed by atoms with Crippen LogP contribution in [-0.2, 0) is 0 Å². The number of amides is 2. The number of carbonyl (C=O) groups is 1. The van der Waals surface area contributed by atoms with E-state index in [2.05, 4.69) is 22.5 Å². The second-order valence-electron chi connectivity index (χ2n) is 4.75. The van der Waals surface area contributed by atoms with Crippen LogP contribution in [0.15, 0.2) is 42.5 Å². The van der Waals surface area contributed by atoms with Crippen LogP contribution in [0.2, 0.25) is 0 Å². The molecule has 2 aromatic rings. The molecule has 0 aromatic heterocycles. The third kappa shape index (κ3) is 6.03. The van der Waals surface area contributed by atoms with Gasteiger partial charge in [0.15, 0.2) is 11.6 Å². The van der Waals surface area contributed by atoms with Crippen LogP contribution in [0.1, 0.15) is 0 Å². The Bertz CT molecular complexity index is 783. The summed E-state index contributed by atoms with van der Waals surface area (Å²) in [5.74, 6) is 4.41. The first-order chi connectivity index (χ1) is 12.1. The van der Waals surface area contributed by atoms with Gasteiger partial charge < -0.3 is 20.1 Å². The predicted octanol–water partition coefficient (Wildman–Crippen LogP) is 3.18. The van der Waals surface area contributed by atoms with Gasteiger partial charge in [-0.2, -0.15) is 0 Å². The van der Waals surface area contributed by atoms with E-state index in [1.165, 1.54) is 6.07 Å². The molecule has 0 fully saturated rings. The molecule has 130 valence electrons. The number of ether oxygens (including phenoxy) is 2. The molecule has 0 saturated heterocycles. The van der Waals surface area contributed by atoms with Crippen molar-refractivity contribution in [2.75, 3.05) is 25.6 Å². The van der Waals surface area contributed by atoms with Gasteiger partial charge in [-0.15, -0.1) is 0 Å². The highest BCUT2D eigenvalue weighted by Crippen LogP contribution is 2.17. The average Bonchev–Trinajstić information content (AvgIpc) is 2.60. The quantitative estimate of drug-likeness (QED) is 0.818. The Labute approximate surface area is 143 Å². The van der Waals surface area contributed by atoms with Crippen molar-refractivity contribution in [1.29, 1.82) is 0 Å². The first-order valence-corrected chi connectivity index (χ1v) is 7.31. The van der Waals surface area contributed by atoms with Crippen molar-refractivity contribution < 1.29 is 23.0 Å². The third-order valence-electron chi connectivity index (χ3n) is 3.00. The van der Waals surface area contributed by atoms with Gasteiger partial charge in [-0.3, -0.25) is 0 Å². The van der Waals surface area contributed by atoms with Gasteiger partial charge in [-0.05, 0) is 36.4 Å². The zero-order valence-corrected chi connectivity index (χ0v) is 13.4. The summed E-state index contributed by atoms with van der Waals surface area (Å²) in [5, 5.41) is 5.18. The molecule has 7 heteroatoms. The minimum absolute atomic E-state index is 0.0790. The molecular formula is C18H16F2N2O3. The Kier molecular flexibility index (Phi) is 6.60. The minimum Gasteiger partial charge on any atom is -0.497 e. The molecule has 5 nitrogen and oxygen atoms in total. The van der Waals surface area contributed by atoms with Crippen molar-refractivity contribution in [2.45, 2.75) is 0 Å². The summed E-state index contributed by atoms with van der Waals surface area (Å²) in [7, 11) is 1.56. The van der Waals surface area contributed by atoms with Crippen LogP contribution in [0, 0.1) is 23.5 Å². The topological polar surface area (TPSA) is 59.6 Å². The lowest BCUT2D eigenvalue weighted by atomic mass is 10.3. The van der Waals surface area contributed by atoms with Gasteiger partial charge in [0, 0.05) is 11.8 Å². The summed E-state index contributed by atoms with van der Waals surface area (Å²) in [6.07, 6.45) is 0. The molecule has 0 bridgehead atoms. The van der Waals surface area contributed by atoms with E-state index < -0.39 is 17.7 Å². The van der Waals surface area contributed by atoms with Crippen LogP contribution < -0.4 is 20.1 Å². The van der Waals surface area contributed by atoms with Crippen molar-refractivity contribution in [1.82, 2.24) is 5.32 Å². The van der Waals surface area contributed by atoms with Crippen molar-refractivity contribution in [2.24, 2.45) is 0 Å². The fourth-order valence-corrected chi connectivity index (χ4v) is 1.79. The van der Waals surface area contributed by atoms with Gasteiger partial charge in [0.1, 0.15) is 18.2 Å². The molecule has 25 heavy (non-hydrogen) atoms. The second-order valence-corrected chi connectivity index (χ2v) is 4.75. The number of benzene rings is 2. The maximum atomic E-state index is 13.3. The molecule has 0 unspecified atom stereocenters. The van der Waals surface area contributed by atoms with E-state index in [-0.39, 0.29) is 18.9 Å². The maximum absolute atomic E-state index is 13.3. The fraction of sp³-hybridized carbons (Fsp3) is 0.167. The van der Waals surface area contributed by atoms with Gasteiger partial charge in [0.25, 0.3) is 0 Å². The molecule has 0 spiro atoms. The van der Waals surface area contributed by atoms with Gasteiger partial charge in [-0.25, -0.2) is 13.6 Å². The third-order valence-corrected chi connectivity index (χ3v) is 3.00. The van der Waals surface area contributed by atoms with Crippen molar-refractivity contribution in [3.05, 3.63) is 54.1 Å². The zero-order valence-electron chi connectivity index (χ0n) is 13.4. The summed E-state index contributed by atoms with van der Waals surface area (Å²) >= 11 is 0. The monoisotopic (exact) mass is 346 g/mol. The van der Waals surface area contributed by atoms with E-state index in [9.17, 15) is 13.6 Å². The first-order valence-electron chi connectivity index (χ1n) is 7.31. The number of halogens is 2. The molecule has 2 amide bonds. The number of anilines is 1. The molecule has 2 rings (SSSR count).